The predicted molar refractivity (Wildman–Crippen MR) is 137 cm³/mol. The zero-order valence-corrected chi connectivity index (χ0v) is 22.5. The molecule has 1 fully saturated rings. The van der Waals surface area contributed by atoms with Gasteiger partial charge in [0.25, 0.3) is 5.56 Å². The van der Waals surface area contributed by atoms with Crippen LogP contribution in [0, 0.1) is 0 Å². The number of aromatic nitrogens is 4. The summed E-state index contributed by atoms with van der Waals surface area (Å²) in [6.07, 6.45) is -3.44. The molecule has 0 aliphatic carbocycles. The molecule has 11 nitrogen and oxygen atoms in total. The Balaban J connectivity index is 1.24. The van der Waals surface area contributed by atoms with E-state index in [4.69, 9.17) is 0 Å². The van der Waals surface area contributed by atoms with Crippen LogP contribution in [0.5, 0.6) is 0 Å². The van der Waals surface area contributed by atoms with E-state index in [0.717, 1.165) is 41.8 Å². The van der Waals surface area contributed by atoms with Gasteiger partial charge in [0.05, 0.1) is 28.6 Å². The summed E-state index contributed by atoms with van der Waals surface area (Å²) in [5, 5.41) is 10.4. The summed E-state index contributed by atoms with van der Waals surface area (Å²) in [4.78, 5) is 32.8. The van der Waals surface area contributed by atoms with E-state index in [-0.39, 0.29) is 11.4 Å². The molecule has 1 atom stereocenters. The standard InChI is InChI=1S/C24H31F3N6O5S/c1-29-21-20(22(35)30(2)23(29)36)33(16-28-21)9-3-8-31-10-12-32(13-11-31)14-18(34)15-39(37,38)19-6-4-17(5-7-19)24(25,26)27/h4-7,16,18,34H,3,8-15H2,1-2H3. The number of aryl methyl sites for hydroxylation is 2. The van der Waals surface area contributed by atoms with Crippen LogP contribution >= 0.6 is 0 Å². The van der Waals surface area contributed by atoms with Crippen LogP contribution in [0.15, 0.2) is 45.1 Å². The molecule has 15 heteroatoms. The monoisotopic (exact) mass is 572 g/mol. The molecule has 4 rings (SSSR count). The summed E-state index contributed by atoms with van der Waals surface area (Å²) in [7, 11) is -0.944. The maximum Gasteiger partial charge on any atom is 0.416 e. The summed E-state index contributed by atoms with van der Waals surface area (Å²) in [5.41, 5.74) is -1.04. The maximum atomic E-state index is 12.7. The molecule has 0 radical (unpaired) electrons. The van der Waals surface area contributed by atoms with E-state index in [1.807, 2.05) is 4.90 Å². The fourth-order valence-electron chi connectivity index (χ4n) is 4.78. The summed E-state index contributed by atoms with van der Waals surface area (Å²) < 4.78 is 67.5. The fraction of sp³-hybridized carbons (Fsp3) is 0.542. The lowest BCUT2D eigenvalue weighted by molar-refractivity contribution is -0.137. The minimum Gasteiger partial charge on any atom is -0.391 e. The first kappa shape index (κ1) is 29.0. The first-order chi connectivity index (χ1) is 18.3. The molecule has 3 aromatic rings. The van der Waals surface area contributed by atoms with Crippen LogP contribution in [-0.2, 0) is 36.7 Å². The van der Waals surface area contributed by atoms with Gasteiger partial charge < -0.3 is 14.6 Å². The van der Waals surface area contributed by atoms with E-state index in [9.17, 15) is 36.3 Å². The zero-order valence-electron chi connectivity index (χ0n) is 21.6. The van der Waals surface area contributed by atoms with Gasteiger partial charge in [0, 0.05) is 53.4 Å². The van der Waals surface area contributed by atoms with Gasteiger partial charge in [0.1, 0.15) is 0 Å². The van der Waals surface area contributed by atoms with Crippen LogP contribution in [0.2, 0.25) is 0 Å². The summed E-state index contributed by atoms with van der Waals surface area (Å²) >= 11 is 0. The number of nitrogens with zero attached hydrogens (tertiary/aromatic N) is 6. The van der Waals surface area contributed by atoms with Gasteiger partial charge in [0.15, 0.2) is 21.0 Å². The van der Waals surface area contributed by atoms with Crippen molar-refractivity contribution >= 4 is 21.0 Å². The van der Waals surface area contributed by atoms with E-state index in [1.54, 1.807) is 17.9 Å². The number of hydrogen-bond donors (Lipinski definition) is 1. The molecular weight excluding hydrogens is 541 g/mol. The lowest BCUT2D eigenvalue weighted by Gasteiger charge is -2.35. The molecule has 0 saturated carbocycles. The highest BCUT2D eigenvalue weighted by Gasteiger charge is 2.31. The number of alkyl halides is 3. The summed E-state index contributed by atoms with van der Waals surface area (Å²) in [6.45, 7) is 4.09. The Bertz CT molecular complexity index is 1540. The molecule has 214 valence electrons. The first-order valence-electron chi connectivity index (χ1n) is 12.4. The molecule has 0 bridgehead atoms. The van der Waals surface area contributed by atoms with Crippen molar-refractivity contribution in [3.05, 3.63) is 57.0 Å². The van der Waals surface area contributed by atoms with Crippen molar-refractivity contribution in [2.45, 2.75) is 30.1 Å². The minimum atomic E-state index is -4.56. The fourth-order valence-corrected chi connectivity index (χ4v) is 6.13. The maximum absolute atomic E-state index is 12.7. The minimum absolute atomic E-state index is 0.136. The molecule has 2 aromatic heterocycles. The Morgan fingerprint density at radius 2 is 1.59 bits per heavy atom. The molecule has 39 heavy (non-hydrogen) atoms. The number of halogens is 3. The second kappa shape index (κ2) is 11.2. The second-order valence-electron chi connectivity index (χ2n) is 9.77. The number of aliphatic hydroxyl groups excluding tert-OH is 1. The van der Waals surface area contributed by atoms with E-state index >= 15 is 0 Å². The molecule has 1 unspecified atom stereocenters. The molecule has 1 aliphatic heterocycles. The molecule has 1 aliphatic rings. The zero-order chi connectivity index (χ0) is 28.5. The normalized spacial score (nSPS) is 16.7. The molecule has 0 amide bonds. The third-order valence-corrected chi connectivity index (χ3v) is 8.79. The third-order valence-electron chi connectivity index (χ3n) is 6.98. The van der Waals surface area contributed by atoms with E-state index in [1.165, 1.54) is 11.6 Å². The molecule has 3 heterocycles. The molecular formula is C24H31F3N6O5S. The van der Waals surface area contributed by atoms with Crippen LogP contribution in [0.25, 0.3) is 11.2 Å². The Morgan fingerprint density at radius 1 is 0.974 bits per heavy atom. The van der Waals surface area contributed by atoms with E-state index in [2.05, 4.69) is 9.88 Å². The van der Waals surface area contributed by atoms with Crippen LogP contribution in [0.1, 0.15) is 12.0 Å². The molecule has 1 N–H and O–H groups in total. The smallest absolute Gasteiger partial charge is 0.391 e. The van der Waals surface area contributed by atoms with Gasteiger partial charge in [-0.25, -0.2) is 18.2 Å². The lowest BCUT2D eigenvalue weighted by Crippen LogP contribution is -2.49. The number of fused-ring (bicyclic) bond motifs is 1. The van der Waals surface area contributed by atoms with Crippen molar-refractivity contribution in [3.8, 4) is 0 Å². The number of benzene rings is 1. The van der Waals surface area contributed by atoms with Crippen molar-refractivity contribution < 1.29 is 26.7 Å². The lowest BCUT2D eigenvalue weighted by atomic mass is 10.2. The second-order valence-corrected chi connectivity index (χ2v) is 11.8. The quantitative estimate of drug-likeness (QED) is 0.389. The van der Waals surface area contributed by atoms with Gasteiger partial charge in [-0.1, -0.05) is 0 Å². The van der Waals surface area contributed by atoms with Gasteiger partial charge >= 0.3 is 11.9 Å². The van der Waals surface area contributed by atoms with E-state index in [0.29, 0.717) is 43.9 Å². The summed E-state index contributed by atoms with van der Waals surface area (Å²) in [5.74, 6) is -0.581. The highest BCUT2D eigenvalue weighted by molar-refractivity contribution is 7.91. The number of hydrogen-bond acceptors (Lipinski definition) is 8. The van der Waals surface area contributed by atoms with Crippen LogP contribution in [0.3, 0.4) is 0 Å². The number of piperazine rings is 1. The number of aliphatic hydroxyl groups is 1. The Kier molecular flexibility index (Phi) is 8.35. The third kappa shape index (κ3) is 6.42. The average molecular weight is 573 g/mol. The summed E-state index contributed by atoms with van der Waals surface area (Å²) in [6, 6.07) is 3.26. The van der Waals surface area contributed by atoms with Crippen LogP contribution < -0.4 is 11.2 Å². The first-order valence-corrected chi connectivity index (χ1v) is 14.1. The SMILES string of the molecule is Cn1c(=O)c2c(ncn2CCCN2CCN(CC(O)CS(=O)(=O)c3ccc(C(F)(F)F)cc3)CC2)n(C)c1=O. The highest BCUT2D eigenvalue weighted by atomic mass is 32.2. The number of imidazole rings is 1. The average Bonchev–Trinajstić information content (AvgIpc) is 3.30. The van der Waals surface area contributed by atoms with Crippen LogP contribution in [-0.4, -0.2) is 93.1 Å². The number of sulfone groups is 1. The van der Waals surface area contributed by atoms with Crippen LogP contribution in [0.4, 0.5) is 13.2 Å². The Morgan fingerprint density at radius 3 is 2.21 bits per heavy atom. The Labute approximate surface area is 222 Å². The van der Waals surface area contributed by atoms with E-state index < -0.39 is 44.7 Å². The van der Waals surface area contributed by atoms with Crippen molar-refractivity contribution in [2.75, 3.05) is 45.0 Å². The van der Waals surface area contributed by atoms with Gasteiger partial charge in [-0.05, 0) is 37.2 Å². The Hall–Kier alpha value is -3.01. The topological polar surface area (TPSA) is 123 Å². The van der Waals surface area contributed by atoms with Crippen molar-refractivity contribution in [1.82, 2.24) is 28.5 Å². The number of β-amino-alcohol motifs (C(OH)–C–C–N with tert-alkyl or cyclic N) is 1. The molecule has 1 aromatic carbocycles. The van der Waals surface area contributed by atoms with Gasteiger partial charge in [-0.2, -0.15) is 13.2 Å². The van der Waals surface area contributed by atoms with Crippen molar-refractivity contribution in [2.24, 2.45) is 14.1 Å². The van der Waals surface area contributed by atoms with Crippen molar-refractivity contribution in [3.63, 3.8) is 0 Å². The highest BCUT2D eigenvalue weighted by Crippen LogP contribution is 2.30. The van der Waals surface area contributed by atoms with Gasteiger partial charge in [-0.3, -0.25) is 18.8 Å². The number of rotatable bonds is 9. The molecule has 1 saturated heterocycles. The largest absolute Gasteiger partial charge is 0.416 e. The predicted octanol–water partition coefficient (Wildman–Crippen LogP) is 0.295. The molecule has 0 spiro atoms. The van der Waals surface area contributed by atoms with Gasteiger partial charge in [0.2, 0.25) is 0 Å². The van der Waals surface area contributed by atoms with Crippen molar-refractivity contribution in [1.29, 1.82) is 0 Å². The van der Waals surface area contributed by atoms with Gasteiger partial charge in [-0.15, -0.1) is 0 Å².